The van der Waals surface area contributed by atoms with Crippen molar-refractivity contribution in [1.82, 2.24) is 9.80 Å². The smallest absolute Gasteiger partial charge is 0.267 e. The van der Waals surface area contributed by atoms with Crippen molar-refractivity contribution < 1.29 is 19.2 Å². The number of carbonyl (C=O) groups excluding carboxylic acids is 4. The Hall–Kier alpha value is -2.48. The molecule has 14 heteroatoms. The van der Waals surface area contributed by atoms with E-state index in [2.05, 4.69) is 10.6 Å². The molecule has 2 aliphatic rings. The summed E-state index contributed by atoms with van der Waals surface area (Å²) in [6.07, 6.45) is 4.88. The normalized spacial score (nSPS) is 16.7. The maximum absolute atomic E-state index is 13.2. The second-order valence-corrected chi connectivity index (χ2v) is 14.2. The lowest BCUT2D eigenvalue weighted by atomic mass is 10.1. The number of thioether (sulfide) groups is 2. The molecule has 0 saturated carbocycles. The highest BCUT2D eigenvalue weighted by Gasteiger charge is 2.41. The van der Waals surface area contributed by atoms with Crippen molar-refractivity contribution in [3.05, 3.63) is 68.4 Å². The summed E-state index contributed by atoms with van der Waals surface area (Å²) in [5.41, 5.74) is 1.38. The van der Waals surface area contributed by atoms with Crippen molar-refractivity contribution in [2.75, 3.05) is 23.7 Å². The number of thiocarbonyl (C=S) groups is 2. The summed E-state index contributed by atoms with van der Waals surface area (Å²) in [7, 11) is 0. The Morgan fingerprint density at radius 2 is 0.977 bits per heavy atom. The molecule has 2 N–H and O–H groups in total. The van der Waals surface area contributed by atoms with Crippen molar-refractivity contribution in [2.24, 2.45) is 0 Å². The van der Waals surface area contributed by atoms with E-state index in [1.54, 1.807) is 48.5 Å². The average Bonchev–Trinajstić information content (AvgIpc) is 3.43. The average molecular weight is 710 g/mol. The first-order chi connectivity index (χ1) is 21.1. The summed E-state index contributed by atoms with van der Waals surface area (Å²) in [4.78, 5) is 54.4. The number of nitrogens with one attached hydrogen (secondary N) is 2. The highest BCUT2D eigenvalue weighted by Crippen LogP contribution is 2.42. The Morgan fingerprint density at radius 3 is 1.34 bits per heavy atom. The van der Waals surface area contributed by atoms with E-state index in [1.165, 1.54) is 9.80 Å². The number of carbonyl (C=O) groups is 4. The number of rotatable bonds is 14. The fraction of sp³-hybridized carbons (Fsp3) is 0.333. The van der Waals surface area contributed by atoms with E-state index in [1.807, 2.05) is 0 Å². The highest BCUT2D eigenvalue weighted by molar-refractivity contribution is 8.29. The molecule has 2 aliphatic heterocycles. The van der Waals surface area contributed by atoms with E-state index in [0.29, 0.717) is 91.5 Å². The second-order valence-electron chi connectivity index (χ2n) is 10.0. The van der Waals surface area contributed by atoms with Crippen LogP contribution < -0.4 is 10.6 Å². The van der Waals surface area contributed by atoms with E-state index in [4.69, 9.17) is 47.6 Å². The third kappa shape index (κ3) is 9.76. The van der Waals surface area contributed by atoms with Gasteiger partial charge in [-0.25, -0.2) is 0 Å². The molecule has 0 spiro atoms. The quantitative estimate of drug-likeness (QED) is 0.118. The van der Waals surface area contributed by atoms with Gasteiger partial charge in [0.25, 0.3) is 11.8 Å². The Bertz CT molecular complexity index is 1360. The standard InChI is InChI=1S/C30H30Cl2N4O4S4/c31-19-9-13-21(14-10-19)33-23(37)7-3-1-5-17-35-27(39)25(43-29(35)41)26-28(40)36(30(42)44-26)18-6-2-4-8-24(38)34-22-15-11-20(32)12-16-22/h9-16H,1-8,17-18H2,(H,33,37)(H,34,38). The number of hydrogen-bond donors (Lipinski definition) is 2. The minimum atomic E-state index is -0.285. The zero-order valence-electron chi connectivity index (χ0n) is 23.6. The van der Waals surface area contributed by atoms with Crippen LogP contribution in [0.4, 0.5) is 11.4 Å². The van der Waals surface area contributed by atoms with Crippen molar-refractivity contribution in [2.45, 2.75) is 51.4 Å². The summed E-state index contributed by atoms with van der Waals surface area (Å²) in [5.74, 6) is -0.736. The molecule has 0 radical (unpaired) electrons. The molecule has 8 nitrogen and oxygen atoms in total. The Morgan fingerprint density at radius 1 is 0.614 bits per heavy atom. The van der Waals surface area contributed by atoms with Crippen molar-refractivity contribution in [1.29, 1.82) is 0 Å². The zero-order valence-corrected chi connectivity index (χ0v) is 28.4. The number of unbranched alkanes of at least 4 members (excludes halogenated alkanes) is 4. The number of hydrogen-bond acceptors (Lipinski definition) is 8. The summed E-state index contributed by atoms with van der Waals surface area (Å²) < 4.78 is 0.820. The highest BCUT2D eigenvalue weighted by atomic mass is 35.5. The lowest BCUT2D eigenvalue weighted by Gasteiger charge is -2.14. The number of amides is 4. The van der Waals surface area contributed by atoms with Gasteiger partial charge < -0.3 is 10.6 Å². The van der Waals surface area contributed by atoms with Crippen LogP contribution in [0.25, 0.3) is 0 Å². The maximum atomic E-state index is 13.2. The van der Waals surface area contributed by atoms with Gasteiger partial charge in [0.05, 0.1) is 9.81 Å². The van der Waals surface area contributed by atoms with Gasteiger partial charge in [-0.3, -0.25) is 29.0 Å². The first kappa shape index (κ1) is 34.4. The molecule has 0 aromatic heterocycles. The molecule has 0 atom stereocenters. The van der Waals surface area contributed by atoms with Crippen LogP contribution in [-0.4, -0.2) is 55.2 Å². The molecule has 2 fully saturated rings. The van der Waals surface area contributed by atoms with Crippen LogP contribution in [0.1, 0.15) is 51.4 Å². The summed E-state index contributed by atoms with van der Waals surface area (Å²) in [6.45, 7) is 0.831. The lowest BCUT2D eigenvalue weighted by Crippen LogP contribution is -2.31. The van der Waals surface area contributed by atoms with Gasteiger partial charge in [0.2, 0.25) is 11.8 Å². The van der Waals surface area contributed by atoms with E-state index in [0.717, 1.165) is 36.4 Å². The van der Waals surface area contributed by atoms with Gasteiger partial charge in [-0.1, -0.05) is 84.0 Å². The molecule has 44 heavy (non-hydrogen) atoms. The molecule has 2 aromatic carbocycles. The SMILES string of the molecule is O=C(CCCCCN1C(=O)C(=C2SC(=S)N(CCCCCC(=O)Nc3ccc(Cl)cc3)C2=O)SC1=S)Nc1ccc(Cl)cc1. The van der Waals surface area contributed by atoms with Gasteiger partial charge in [-0.15, -0.1) is 0 Å². The van der Waals surface area contributed by atoms with E-state index in [-0.39, 0.29) is 23.6 Å². The van der Waals surface area contributed by atoms with Gasteiger partial charge in [-0.05, 0) is 74.2 Å². The van der Waals surface area contributed by atoms with Gasteiger partial charge in [0.1, 0.15) is 8.64 Å². The number of nitrogens with zero attached hydrogens (tertiary/aromatic N) is 2. The number of halogens is 2. The van der Waals surface area contributed by atoms with Crippen molar-refractivity contribution in [3.8, 4) is 0 Å². The van der Waals surface area contributed by atoms with Crippen LogP contribution in [0.2, 0.25) is 10.0 Å². The third-order valence-corrected chi connectivity index (χ3v) is 10.3. The van der Waals surface area contributed by atoms with Crippen LogP contribution in [0.15, 0.2) is 58.3 Å². The molecular weight excluding hydrogens is 680 g/mol. The molecule has 4 amide bonds. The zero-order chi connectivity index (χ0) is 31.6. The van der Waals surface area contributed by atoms with E-state index in [9.17, 15) is 19.2 Å². The Balaban J connectivity index is 1.16. The molecule has 232 valence electrons. The number of benzene rings is 2. The molecule has 4 rings (SSSR count). The second kappa shape index (κ2) is 16.7. The summed E-state index contributed by atoms with van der Waals surface area (Å²) >= 11 is 24.9. The third-order valence-electron chi connectivity index (χ3n) is 6.73. The number of anilines is 2. The molecule has 0 bridgehead atoms. The first-order valence-corrected chi connectivity index (χ1v) is 17.3. The van der Waals surface area contributed by atoms with Crippen molar-refractivity contribution >= 4 is 115 Å². The van der Waals surface area contributed by atoms with E-state index >= 15 is 0 Å². The minimum Gasteiger partial charge on any atom is -0.326 e. The van der Waals surface area contributed by atoms with Crippen LogP contribution in [0.3, 0.4) is 0 Å². The molecular formula is C30H30Cl2N4O4S4. The van der Waals surface area contributed by atoms with Gasteiger partial charge in [0.15, 0.2) is 0 Å². The molecule has 2 aromatic rings. The predicted molar refractivity (Wildman–Crippen MR) is 188 cm³/mol. The topological polar surface area (TPSA) is 98.8 Å². The van der Waals surface area contributed by atoms with Crippen LogP contribution in [0.5, 0.6) is 0 Å². The van der Waals surface area contributed by atoms with Crippen LogP contribution in [0, 0.1) is 0 Å². The van der Waals surface area contributed by atoms with Gasteiger partial charge in [-0.2, -0.15) is 0 Å². The summed E-state index contributed by atoms with van der Waals surface area (Å²) in [6, 6.07) is 13.9. The van der Waals surface area contributed by atoms with Crippen molar-refractivity contribution in [3.63, 3.8) is 0 Å². The van der Waals surface area contributed by atoms with Crippen LogP contribution in [-0.2, 0) is 19.2 Å². The molecule has 0 aliphatic carbocycles. The first-order valence-electron chi connectivity index (χ1n) is 14.0. The van der Waals surface area contributed by atoms with E-state index < -0.39 is 0 Å². The fourth-order valence-electron chi connectivity index (χ4n) is 4.43. The summed E-state index contributed by atoms with van der Waals surface area (Å²) in [5, 5.41) is 6.88. The van der Waals surface area contributed by atoms with Crippen LogP contribution >= 0.6 is 71.2 Å². The lowest BCUT2D eigenvalue weighted by molar-refractivity contribution is -0.124. The van der Waals surface area contributed by atoms with Gasteiger partial charge in [0, 0.05) is 47.4 Å². The fourth-order valence-corrected chi connectivity index (χ4v) is 7.46. The Labute approximate surface area is 285 Å². The molecule has 2 saturated heterocycles. The largest absolute Gasteiger partial charge is 0.326 e. The monoisotopic (exact) mass is 708 g/mol. The Kier molecular flexibility index (Phi) is 13.1. The molecule has 2 heterocycles. The maximum Gasteiger partial charge on any atom is 0.267 e. The minimum absolute atomic E-state index is 0.0837. The van der Waals surface area contributed by atoms with Gasteiger partial charge >= 0.3 is 0 Å². The predicted octanol–water partition coefficient (Wildman–Crippen LogP) is 7.62. The molecule has 0 unspecified atom stereocenters.